The van der Waals surface area contributed by atoms with Crippen molar-refractivity contribution >= 4 is 48.3 Å². The molecule has 0 aliphatic rings. The van der Waals surface area contributed by atoms with E-state index in [0.717, 1.165) is 11.0 Å². The fraction of sp³-hybridized carbons (Fsp3) is 0.214. The summed E-state index contributed by atoms with van der Waals surface area (Å²) < 4.78 is 51.4. The lowest BCUT2D eigenvalue weighted by atomic mass is 10.2. The highest BCUT2D eigenvalue weighted by molar-refractivity contribution is 7.60. The lowest BCUT2D eigenvalue weighted by molar-refractivity contribution is -0.137. The molecule has 150 valence electrons. The maximum absolute atomic E-state index is 12.9. The largest absolute Gasteiger partial charge is 0.416 e. The lowest BCUT2D eigenvalue weighted by Gasteiger charge is -2.14. The zero-order valence-corrected chi connectivity index (χ0v) is 16.5. The van der Waals surface area contributed by atoms with E-state index in [1.54, 1.807) is 14.1 Å². The van der Waals surface area contributed by atoms with Gasteiger partial charge in [0.2, 0.25) is 0 Å². The zero-order chi connectivity index (χ0) is 21.4. The second-order valence-electron chi connectivity index (χ2n) is 5.58. The number of aromatic nitrogens is 2. The Labute approximate surface area is 166 Å². The van der Waals surface area contributed by atoms with E-state index in [1.807, 2.05) is 0 Å². The van der Waals surface area contributed by atoms with Crippen molar-refractivity contribution in [3.8, 4) is 11.8 Å². The number of nitrogens with zero attached hydrogens (tertiary/aromatic N) is 5. The van der Waals surface area contributed by atoms with Crippen LogP contribution in [0.2, 0.25) is 10.0 Å². The van der Waals surface area contributed by atoms with Gasteiger partial charge in [0.25, 0.3) is 0 Å². The number of rotatable bonds is 4. The highest BCUT2D eigenvalue weighted by Gasteiger charge is 2.35. The van der Waals surface area contributed by atoms with Gasteiger partial charge in [0.1, 0.15) is 17.1 Å². The Morgan fingerprint density at radius 1 is 1.32 bits per heavy atom. The number of nitriles is 1. The zero-order valence-electron chi connectivity index (χ0n) is 14.1. The fourth-order valence-corrected chi connectivity index (χ4v) is 3.55. The Morgan fingerprint density at radius 3 is 2.25 bits per heavy atom. The van der Waals surface area contributed by atoms with E-state index in [0.29, 0.717) is 12.1 Å². The first-order chi connectivity index (χ1) is 12.8. The van der Waals surface area contributed by atoms with Crippen LogP contribution in [0.15, 0.2) is 17.1 Å². The number of halogens is 5. The smallest absolute Gasteiger partial charge is 0.369 e. The van der Waals surface area contributed by atoms with Gasteiger partial charge >= 0.3 is 13.8 Å². The second kappa shape index (κ2) is 7.73. The Hall–Kier alpha value is -2.09. The Kier molecular flexibility index (Phi) is 6.13. The maximum Gasteiger partial charge on any atom is 0.416 e. The van der Waals surface area contributed by atoms with E-state index in [1.165, 1.54) is 11.0 Å². The first kappa shape index (κ1) is 22.2. The van der Waals surface area contributed by atoms with Gasteiger partial charge in [-0.3, -0.25) is 4.57 Å². The molecule has 0 aliphatic carbocycles. The van der Waals surface area contributed by atoms with Crippen LogP contribution in [0.5, 0.6) is 0 Å². The number of aliphatic imine (C=N–C) groups is 1. The molecule has 0 amide bonds. The van der Waals surface area contributed by atoms with Crippen molar-refractivity contribution in [1.82, 2.24) is 14.7 Å². The van der Waals surface area contributed by atoms with Gasteiger partial charge in [-0.1, -0.05) is 23.2 Å². The van der Waals surface area contributed by atoms with E-state index in [4.69, 9.17) is 23.2 Å². The Morgan fingerprint density at radius 2 is 1.86 bits per heavy atom. The third-order valence-electron chi connectivity index (χ3n) is 3.20. The third-order valence-corrected chi connectivity index (χ3v) is 4.77. The molecule has 14 heteroatoms. The summed E-state index contributed by atoms with van der Waals surface area (Å²) >= 11 is 11.9. The van der Waals surface area contributed by atoms with Crippen molar-refractivity contribution in [1.29, 1.82) is 5.26 Å². The van der Waals surface area contributed by atoms with Crippen molar-refractivity contribution in [3.63, 3.8) is 0 Å². The lowest BCUT2D eigenvalue weighted by Crippen LogP contribution is -2.11. The molecule has 1 aromatic carbocycles. The average molecular weight is 456 g/mol. The predicted molar refractivity (Wildman–Crippen MR) is 96.8 cm³/mol. The van der Waals surface area contributed by atoms with Crippen molar-refractivity contribution in [2.45, 2.75) is 6.18 Å². The summed E-state index contributed by atoms with van der Waals surface area (Å²) in [5.74, 6) is -0.498. The van der Waals surface area contributed by atoms with Crippen LogP contribution in [0.3, 0.4) is 0 Å². The number of benzene rings is 1. The van der Waals surface area contributed by atoms with Crippen LogP contribution in [-0.4, -0.2) is 44.9 Å². The van der Waals surface area contributed by atoms with Gasteiger partial charge in [0, 0.05) is 14.1 Å². The minimum atomic E-state index is -5.04. The van der Waals surface area contributed by atoms with Gasteiger partial charge in [-0.2, -0.15) is 23.5 Å². The SMILES string of the molecule is CN(C)C=Nc1c(P(=O)(O)O)c(C#N)nn1-c1c(Cl)cc(C(F)(F)F)cc1Cl. The summed E-state index contributed by atoms with van der Waals surface area (Å²) in [5.41, 5.74) is -2.13. The predicted octanol–water partition coefficient (Wildman–Crippen LogP) is 3.09. The molecular weight excluding hydrogens is 445 g/mol. The normalized spacial score (nSPS) is 12.4. The molecule has 0 bridgehead atoms. The van der Waals surface area contributed by atoms with Crippen LogP contribution in [-0.2, 0) is 10.7 Å². The number of alkyl halides is 3. The van der Waals surface area contributed by atoms with Crippen LogP contribution >= 0.6 is 30.8 Å². The van der Waals surface area contributed by atoms with Crippen molar-refractivity contribution in [2.24, 2.45) is 4.99 Å². The molecule has 28 heavy (non-hydrogen) atoms. The molecule has 0 aliphatic heterocycles. The first-order valence-electron chi connectivity index (χ1n) is 7.13. The molecule has 1 aromatic heterocycles. The molecule has 2 N–H and O–H groups in total. The molecule has 0 saturated heterocycles. The second-order valence-corrected chi connectivity index (χ2v) is 7.93. The van der Waals surface area contributed by atoms with Gasteiger partial charge in [0.15, 0.2) is 11.5 Å². The van der Waals surface area contributed by atoms with Crippen molar-refractivity contribution in [3.05, 3.63) is 33.4 Å². The van der Waals surface area contributed by atoms with Crippen LogP contribution in [0.25, 0.3) is 5.69 Å². The summed E-state index contributed by atoms with van der Waals surface area (Å²) in [6.45, 7) is 0. The van der Waals surface area contributed by atoms with Crippen molar-refractivity contribution < 1.29 is 27.5 Å². The van der Waals surface area contributed by atoms with Gasteiger partial charge in [-0.15, -0.1) is 0 Å². The van der Waals surface area contributed by atoms with E-state index in [-0.39, 0.29) is 5.69 Å². The number of hydrogen-bond acceptors (Lipinski definition) is 4. The summed E-state index contributed by atoms with van der Waals surface area (Å²) in [5, 5.41) is 11.1. The summed E-state index contributed by atoms with van der Waals surface area (Å²) in [6.07, 6.45) is -3.57. The standard InChI is InChI=1S/C14H11Cl2F3N5O3P/c1-23(2)6-21-13-12(28(25,26)27)10(5-20)22-24(13)11-8(15)3-7(4-9(11)16)14(17,18)19/h3-4,6H,1-2H3,(H2,25,26,27). The quantitative estimate of drug-likeness (QED) is 0.415. The van der Waals surface area contributed by atoms with Crippen LogP contribution < -0.4 is 5.30 Å². The van der Waals surface area contributed by atoms with Crippen LogP contribution in [0.1, 0.15) is 11.3 Å². The molecule has 2 aromatic rings. The molecule has 0 saturated carbocycles. The monoisotopic (exact) mass is 455 g/mol. The molecule has 0 unspecified atom stereocenters. The van der Waals surface area contributed by atoms with E-state index in [2.05, 4.69) is 10.1 Å². The Bertz CT molecular complexity index is 1020. The Balaban J connectivity index is 2.89. The molecule has 2 rings (SSSR count). The van der Waals surface area contributed by atoms with E-state index < -0.39 is 46.2 Å². The minimum absolute atomic E-state index is 0.321. The minimum Gasteiger partial charge on any atom is -0.369 e. The van der Waals surface area contributed by atoms with Crippen molar-refractivity contribution in [2.75, 3.05) is 14.1 Å². The average Bonchev–Trinajstić information content (AvgIpc) is 2.89. The van der Waals surface area contributed by atoms with Crippen LogP contribution in [0, 0.1) is 11.3 Å². The topological polar surface area (TPSA) is 115 Å². The molecule has 0 radical (unpaired) electrons. The molecule has 1 heterocycles. The van der Waals surface area contributed by atoms with Gasteiger partial charge in [0.05, 0.1) is 21.9 Å². The van der Waals surface area contributed by atoms with Crippen LogP contribution in [0.4, 0.5) is 19.0 Å². The first-order valence-corrected chi connectivity index (χ1v) is 9.50. The molecule has 0 fully saturated rings. The fourth-order valence-electron chi connectivity index (χ4n) is 2.12. The molecular formula is C14H11Cl2F3N5O3P. The molecule has 0 atom stereocenters. The number of hydrogen-bond donors (Lipinski definition) is 2. The third kappa shape index (κ3) is 4.48. The van der Waals surface area contributed by atoms with E-state index >= 15 is 0 Å². The molecule has 8 nitrogen and oxygen atoms in total. The summed E-state index contributed by atoms with van der Waals surface area (Å²) in [7, 11) is -1.92. The summed E-state index contributed by atoms with van der Waals surface area (Å²) in [6, 6.07) is 2.67. The summed E-state index contributed by atoms with van der Waals surface area (Å²) in [4.78, 5) is 24.5. The van der Waals surface area contributed by atoms with Gasteiger partial charge < -0.3 is 14.7 Å². The maximum atomic E-state index is 12.9. The van der Waals surface area contributed by atoms with E-state index in [9.17, 15) is 32.8 Å². The highest BCUT2D eigenvalue weighted by atomic mass is 35.5. The molecule has 0 spiro atoms. The van der Waals surface area contributed by atoms with Gasteiger partial charge in [-0.25, -0.2) is 9.67 Å². The highest BCUT2D eigenvalue weighted by Crippen LogP contribution is 2.43. The van der Waals surface area contributed by atoms with Gasteiger partial charge in [-0.05, 0) is 12.1 Å².